The first-order valence-corrected chi connectivity index (χ1v) is 11.3. The lowest BCUT2D eigenvalue weighted by atomic mass is 9.77. The minimum atomic E-state index is 0.0357. The number of unbranched alkanes of at least 4 members (excludes halogenated alkanes) is 2. The zero-order valence-electron chi connectivity index (χ0n) is 17.4. The van der Waals surface area contributed by atoms with Crippen molar-refractivity contribution in [2.45, 2.75) is 70.1 Å². The maximum atomic E-state index is 9.41. The van der Waals surface area contributed by atoms with Crippen molar-refractivity contribution in [3.8, 4) is 11.1 Å². The van der Waals surface area contributed by atoms with Gasteiger partial charge in [0.25, 0.3) is 0 Å². The van der Waals surface area contributed by atoms with E-state index in [0.29, 0.717) is 6.54 Å². The van der Waals surface area contributed by atoms with Crippen molar-refractivity contribution < 1.29 is 5.11 Å². The van der Waals surface area contributed by atoms with Crippen LogP contribution in [0.2, 0.25) is 0 Å². The number of benzene rings is 2. The molecule has 152 valence electrons. The molecular weight excluding hydrogens is 342 g/mol. The van der Waals surface area contributed by atoms with Crippen molar-refractivity contribution in [1.29, 1.82) is 0 Å². The molecule has 1 aliphatic rings. The van der Waals surface area contributed by atoms with Crippen molar-refractivity contribution in [1.82, 2.24) is 0 Å². The molecule has 28 heavy (non-hydrogen) atoms. The first-order valence-electron chi connectivity index (χ1n) is 11.3. The Balaban J connectivity index is 1.57. The highest BCUT2D eigenvalue weighted by Gasteiger charge is 2.22. The molecule has 2 aromatic rings. The third kappa shape index (κ3) is 5.46. The van der Waals surface area contributed by atoms with Crippen LogP contribution < -0.4 is 5.73 Å². The predicted octanol–water partition coefficient (Wildman–Crippen LogP) is 6.24. The summed E-state index contributed by atoms with van der Waals surface area (Å²) in [5, 5.41) is 9.41. The molecule has 0 bridgehead atoms. The van der Waals surface area contributed by atoms with E-state index in [1.165, 1.54) is 68.1 Å². The third-order valence-electron chi connectivity index (χ3n) is 6.67. The van der Waals surface area contributed by atoms with Gasteiger partial charge in [-0.3, -0.25) is 0 Å². The summed E-state index contributed by atoms with van der Waals surface area (Å²) < 4.78 is 0. The van der Waals surface area contributed by atoms with Gasteiger partial charge in [0.1, 0.15) is 0 Å². The largest absolute Gasteiger partial charge is 0.396 e. The van der Waals surface area contributed by atoms with E-state index in [4.69, 9.17) is 5.73 Å². The highest BCUT2D eigenvalue weighted by molar-refractivity contribution is 5.64. The molecule has 0 aromatic heterocycles. The molecule has 1 saturated carbocycles. The molecule has 1 unspecified atom stereocenters. The van der Waals surface area contributed by atoms with Gasteiger partial charge in [0.2, 0.25) is 0 Å². The third-order valence-corrected chi connectivity index (χ3v) is 6.67. The molecule has 1 fully saturated rings. The number of rotatable bonds is 9. The summed E-state index contributed by atoms with van der Waals surface area (Å²) in [6.45, 7) is 2.87. The molecule has 3 N–H and O–H groups in total. The van der Waals surface area contributed by atoms with Crippen LogP contribution in [0.15, 0.2) is 48.5 Å². The van der Waals surface area contributed by atoms with Crippen LogP contribution in [0.4, 0.5) is 0 Å². The summed E-state index contributed by atoms with van der Waals surface area (Å²) in [6.07, 6.45) is 11.1. The average molecular weight is 380 g/mol. The van der Waals surface area contributed by atoms with Crippen LogP contribution >= 0.6 is 0 Å². The van der Waals surface area contributed by atoms with Gasteiger partial charge in [0, 0.05) is 12.5 Å². The van der Waals surface area contributed by atoms with Crippen LogP contribution in [0.25, 0.3) is 11.1 Å². The molecule has 0 radical (unpaired) electrons. The van der Waals surface area contributed by atoms with Crippen LogP contribution in [0.5, 0.6) is 0 Å². The Kier molecular flexibility index (Phi) is 8.12. The number of hydrogen-bond donors (Lipinski definition) is 2. The second kappa shape index (κ2) is 10.8. The lowest BCUT2D eigenvalue weighted by molar-refractivity contribution is 0.268. The fraction of sp³-hybridized carbons (Fsp3) is 0.538. The summed E-state index contributed by atoms with van der Waals surface area (Å²) in [4.78, 5) is 0. The molecule has 2 heteroatoms. The van der Waals surface area contributed by atoms with E-state index in [2.05, 4.69) is 55.5 Å². The minimum absolute atomic E-state index is 0.0357. The quantitative estimate of drug-likeness (QED) is 0.506. The Bertz CT molecular complexity index is 679. The summed E-state index contributed by atoms with van der Waals surface area (Å²) in [6, 6.07) is 17.7. The number of nitrogens with two attached hydrogens (primary N) is 1. The van der Waals surface area contributed by atoms with E-state index in [1.807, 2.05) is 0 Å². The standard InChI is InChI=1S/C26H37NO/c1-2-3-4-5-20-6-8-21(9-7-20)22-10-12-23(13-11-22)24-14-16-25(17-15-24)26(18-27)19-28/h10-17,20-21,26,28H,2-9,18-19,27H2,1H3. The molecule has 0 heterocycles. The molecule has 1 aliphatic carbocycles. The predicted molar refractivity (Wildman–Crippen MR) is 120 cm³/mol. The van der Waals surface area contributed by atoms with E-state index >= 15 is 0 Å². The van der Waals surface area contributed by atoms with Crippen LogP contribution in [-0.4, -0.2) is 18.3 Å². The average Bonchev–Trinajstić information content (AvgIpc) is 2.76. The van der Waals surface area contributed by atoms with Crippen molar-refractivity contribution >= 4 is 0 Å². The highest BCUT2D eigenvalue weighted by atomic mass is 16.3. The minimum Gasteiger partial charge on any atom is -0.396 e. The van der Waals surface area contributed by atoms with E-state index in [0.717, 1.165) is 17.4 Å². The Morgan fingerprint density at radius 3 is 2.04 bits per heavy atom. The monoisotopic (exact) mass is 379 g/mol. The van der Waals surface area contributed by atoms with Crippen LogP contribution in [0, 0.1) is 5.92 Å². The van der Waals surface area contributed by atoms with Crippen molar-refractivity contribution in [3.63, 3.8) is 0 Å². The van der Waals surface area contributed by atoms with Gasteiger partial charge in [-0.15, -0.1) is 0 Å². The fourth-order valence-corrected chi connectivity index (χ4v) is 4.68. The molecule has 1 atom stereocenters. The summed E-state index contributed by atoms with van der Waals surface area (Å²) in [5.41, 5.74) is 10.8. The fourth-order valence-electron chi connectivity index (χ4n) is 4.68. The molecular formula is C26H37NO. The molecule has 0 spiro atoms. The van der Waals surface area contributed by atoms with E-state index in [-0.39, 0.29) is 12.5 Å². The zero-order valence-corrected chi connectivity index (χ0v) is 17.4. The van der Waals surface area contributed by atoms with Gasteiger partial charge in [0.15, 0.2) is 0 Å². The van der Waals surface area contributed by atoms with E-state index in [1.54, 1.807) is 0 Å². The van der Waals surface area contributed by atoms with Crippen LogP contribution in [0.1, 0.15) is 81.3 Å². The van der Waals surface area contributed by atoms with Gasteiger partial charge in [-0.1, -0.05) is 81.1 Å². The second-order valence-corrected chi connectivity index (χ2v) is 8.57. The number of aliphatic hydroxyl groups is 1. The van der Waals surface area contributed by atoms with Gasteiger partial charge in [-0.05, 0) is 59.8 Å². The molecule has 2 aromatic carbocycles. The molecule has 3 rings (SSSR count). The maximum Gasteiger partial charge on any atom is 0.0511 e. The lowest BCUT2D eigenvalue weighted by Gasteiger charge is -2.29. The van der Waals surface area contributed by atoms with Gasteiger partial charge in [0.05, 0.1) is 6.61 Å². The Labute approximate surface area is 171 Å². The smallest absolute Gasteiger partial charge is 0.0511 e. The molecule has 0 saturated heterocycles. The Morgan fingerprint density at radius 2 is 1.50 bits per heavy atom. The summed E-state index contributed by atoms with van der Waals surface area (Å²) in [5.74, 6) is 1.75. The lowest BCUT2D eigenvalue weighted by Crippen LogP contribution is -2.15. The van der Waals surface area contributed by atoms with Gasteiger partial charge < -0.3 is 10.8 Å². The first-order chi connectivity index (χ1) is 13.7. The van der Waals surface area contributed by atoms with Gasteiger partial charge >= 0.3 is 0 Å². The zero-order chi connectivity index (χ0) is 19.8. The first kappa shape index (κ1) is 21.1. The Morgan fingerprint density at radius 1 is 0.893 bits per heavy atom. The number of hydrogen-bond acceptors (Lipinski definition) is 2. The van der Waals surface area contributed by atoms with Gasteiger partial charge in [-0.2, -0.15) is 0 Å². The summed E-state index contributed by atoms with van der Waals surface area (Å²) in [7, 11) is 0. The van der Waals surface area contributed by atoms with E-state index < -0.39 is 0 Å². The number of aliphatic hydroxyl groups excluding tert-OH is 1. The van der Waals surface area contributed by atoms with Crippen molar-refractivity contribution in [2.75, 3.05) is 13.2 Å². The highest BCUT2D eigenvalue weighted by Crippen LogP contribution is 2.38. The maximum absolute atomic E-state index is 9.41. The second-order valence-electron chi connectivity index (χ2n) is 8.57. The molecule has 0 aliphatic heterocycles. The molecule has 0 amide bonds. The Hall–Kier alpha value is -1.64. The van der Waals surface area contributed by atoms with E-state index in [9.17, 15) is 5.11 Å². The normalized spacial score (nSPS) is 20.8. The van der Waals surface area contributed by atoms with Crippen molar-refractivity contribution in [2.24, 2.45) is 11.7 Å². The van der Waals surface area contributed by atoms with Gasteiger partial charge in [-0.25, -0.2) is 0 Å². The van der Waals surface area contributed by atoms with Crippen LogP contribution in [0.3, 0.4) is 0 Å². The summed E-state index contributed by atoms with van der Waals surface area (Å²) >= 11 is 0. The van der Waals surface area contributed by atoms with Crippen molar-refractivity contribution in [3.05, 3.63) is 59.7 Å². The molecule has 2 nitrogen and oxygen atoms in total. The SMILES string of the molecule is CCCCCC1CCC(c2ccc(-c3ccc(C(CN)CO)cc3)cc2)CC1. The topological polar surface area (TPSA) is 46.2 Å². The van der Waals surface area contributed by atoms with Crippen LogP contribution in [-0.2, 0) is 0 Å².